The van der Waals surface area contributed by atoms with Crippen LogP contribution in [-0.4, -0.2) is 37.3 Å². The Morgan fingerprint density at radius 3 is 3.06 bits per heavy atom. The largest absolute Gasteiger partial charge is 0.330 e. The van der Waals surface area contributed by atoms with E-state index in [4.69, 9.17) is 5.73 Å². The standard InChI is InChI=1S/C10H10N6S/c11-5-6-17-10-12-8-4-2-1-3-7(8)9-13-14-15-16(9)10/h1-4H,5-6,11H2. The minimum Gasteiger partial charge on any atom is -0.330 e. The average molecular weight is 246 g/mol. The lowest BCUT2D eigenvalue weighted by atomic mass is 10.2. The zero-order valence-corrected chi connectivity index (χ0v) is 9.76. The van der Waals surface area contributed by atoms with E-state index < -0.39 is 0 Å². The van der Waals surface area contributed by atoms with E-state index in [0.29, 0.717) is 6.54 Å². The number of thioether (sulfide) groups is 1. The Balaban J connectivity index is 2.28. The first-order chi connectivity index (χ1) is 8.40. The van der Waals surface area contributed by atoms with Gasteiger partial charge in [0, 0.05) is 17.7 Å². The van der Waals surface area contributed by atoms with Crippen LogP contribution in [-0.2, 0) is 0 Å². The van der Waals surface area contributed by atoms with Gasteiger partial charge in [0.25, 0.3) is 0 Å². The highest BCUT2D eigenvalue weighted by Crippen LogP contribution is 2.22. The molecule has 0 atom stereocenters. The second-order valence-corrected chi connectivity index (χ2v) is 4.53. The van der Waals surface area contributed by atoms with E-state index in [9.17, 15) is 0 Å². The summed E-state index contributed by atoms with van der Waals surface area (Å²) in [6.07, 6.45) is 0. The first kappa shape index (κ1) is 10.4. The van der Waals surface area contributed by atoms with E-state index in [2.05, 4.69) is 20.5 Å². The quantitative estimate of drug-likeness (QED) is 0.541. The third kappa shape index (κ3) is 1.73. The van der Waals surface area contributed by atoms with Gasteiger partial charge >= 0.3 is 0 Å². The van der Waals surface area contributed by atoms with Gasteiger partial charge in [-0.2, -0.15) is 4.52 Å². The molecule has 0 radical (unpaired) electrons. The molecular weight excluding hydrogens is 236 g/mol. The molecule has 2 aromatic heterocycles. The van der Waals surface area contributed by atoms with Crippen LogP contribution >= 0.6 is 11.8 Å². The van der Waals surface area contributed by atoms with Gasteiger partial charge in [-0.1, -0.05) is 23.9 Å². The van der Waals surface area contributed by atoms with Gasteiger partial charge in [0.2, 0.25) is 0 Å². The monoisotopic (exact) mass is 246 g/mol. The summed E-state index contributed by atoms with van der Waals surface area (Å²) >= 11 is 1.55. The molecule has 2 heterocycles. The summed E-state index contributed by atoms with van der Waals surface area (Å²) in [6, 6.07) is 7.82. The molecular formula is C10H10N6S. The third-order valence-corrected chi connectivity index (χ3v) is 3.32. The zero-order chi connectivity index (χ0) is 11.7. The van der Waals surface area contributed by atoms with Gasteiger partial charge in [-0.05, 0) is 22.6 Å². The fourth-order valence-corrected chi connectivity index (χ4v) is 2.35. The number of rotatable bonds is 3. The number of para-hydroxylation sites is 1. The van der Waals surface area contributed by atoms with Crippen molar-refractivity contribution in [1.29, 1.82) is 0 Å². The summed E-state index contributed by atoms with van der Waals surface area (Å²) in [5.74, 6) is 0.792. The molecule has 0 spiro atoms. The first-order valence-electron chi connectivity index (χ1n) is 5.20. The summed E-state index contributed by atoms with van der Waals surface area (Å²) in [6.45, 7) is 0.600. The van der Waals surface area contributed by atoms with Crippen LogP contribution in [0.2, 0.25) is 0 Å². The molecule has 7 heteroatoms. The number of hydrogen-bond donors (Lipinski definition) is 1. The Labute approximate surface area is 101 Å². The molecule has 0 unspecified atom stereocenters. The zero-order valence-electron chi connectivity index (χ0n) is 8.95. The van der Waals surface area contributed by atoms with Crippen molar-refractivity contribution < 1.29 is 0 Å². The van der Waals surface area contributed by atoms with E-state index in [1.165, 1.54) is 0 Å². The maximum atomic E-state index is 5.50. The maximum absolute atomic E-state index is 5.50. The van der Waals surface area contributed by atoms with Crippen LogP contribution in [0.25, 0.3) is 16.6 Å². The normalized spacial score (nSPS) is 11.4. The number of tetrazole rings is 1. The molecule has 0 amide bonds. The van der Waals surface area contributed by atoms with Gasteiger partial charge < -0.3 is 5.73 Å². The van der Waals surface area contributed by atoms with Crippen LogP contribution in [0, 0.1) is 0 Å². The van der Waals surface area contributed by atoms with Crippen LogP contribution in [0.4, 0.5) is 0 Å². The van der Waals surface area contributed by atoms with E-state index in [1.807, 2.05) is 24.3 Å². The summed E-state index contributed by atoms with van der Waals surface area (Å²) in [4.78, 5) is 4.54. The van der Waals surface area contributed by atoms with E-state index in [0.717, 1.165) is 27.5 Å². The van der Waals surface area contributed by atoms with Crippen molar-refractivity contribution in [3.8, 4) is 0 Å². The van der Waals surface area contributed by atoms with E-state index >= 15 is 0 Å². The summed E-state index contributed by atoms with van der Waals surface area (Å²) in [7, 11) is 0. The highest BCUT2D eigenvalue weighted by molar-refractivity contribution is 7.99. The molecule has 0 saturated carbocycles. The summed E-state index contributed by atoms with van der Waals surface area (Å²) in [5, 5.41) is 13.4. The van der Waals surface area contributed by atoms with E-state index in [1.54, 1.807) is 16.3 Å². The van der Waals surface area contributed by atoms with Crippen molar-refractivity contribution in [2.45, 2.75) is 5.16 Å². The second-order valence-electron chi connectivity index (χ2n) is 3.46. The molecule has 0 aliphatic carbocycles. The molecule has 2 N–H and O–H groups in total. The predicted molar refractivity (Wildman–Crippen MR) is 65.9 cm³/mol. The average Bonchev–Trinajstić information content (AvgIpc) is 2.85. The number of aromatic nitrogens is 5. The van der Waals surface area contributed by atoms with Crippen molar-refractivity contribution in [2.75, 3.05) is 12.3 Å². The molecule has 0 aliphatic rings. The molecule has 17 heavy (non-hydrogen) atoms. The Hall–Kier alpha value is -1.73. The van der Waals surface area contributed by atoms with Crippen LogP contribution < -0.4 is 5.73 Å². The van der Waals surface area contributed by atoms with Crippen LogP contribution in [0.1, 0.15) is 0 Å². The number of hydrogen-bond acceptors (Lipinski definition) is 6. The molecule has 0 aliphatic heterocycles. The number of nitrogens with zero attached hydrogens (tertiary/aromatic N) is 5. The van der Waals surface area contributed by atoms with Crippen LogP contribution in [0.3, 0.4) is 0 Å². The van der Waals surface area contributed by atoms with Crippen LogP contribution in [0.5, 0.6) is 0 Å². The van der Waals surface area contributed by atoms with Crippen molar-refractivity contribution in [3.63, 3.8) is 0 Å². The number of benzene rings is 1. The summed E-state index contributed by atoms with van der Waals surface area (Å²) < 4.78 is 1.66. The highest BCUT2D eigenvalue weighted by atomic mass is 32.2. The predicted octanol–water partition coefficient (Wildman–Crippen LogP) is 0.723. The van der Waals surface area contributed by atoms with Gasteiger partial charge in [-0.3, -0.25) is 0 Å². The molecule has 0 bridgehead atoms. The smallest absolute Gasteiger partial charge is 0.193 e. The fraction of sp³-hybridized carbons (Fsp3) is 0.200. The lowest BCUT2D eigenvalue weighted by Gasteiger charge is -2.03. The number of nitrogens with two attached hydrogens (primary N) is 1. The molecule has 3 aromatic rings. The molecule has 86 valence electrons. The van der Waals surface area contributed by atoms with Crippen molar-refractivity contribution >= 4 is 28.3 Å². The number of fused-ring (bicyclic) bond motifs is 3. The first-order valence-corrected chi connectivity index (χ1v) is 6.18. The van der Waals surface area contributed by atoms with Gasteiger partial charge in [0.1, 0.15) is 0 Å². The lowest BCUT2D eigenvalue weighted by molar-refractivity contribution is 0.742. The third-order valence-electron chi connectivity index (χ3n) is 2.36. The second kappa shape index (κ2) is 4.27. The SMILES string of the molecule is NCCSc1nc2ccccc2c2nnnn12. The minimum atomic E-state index is 0.600. The van der Waals surface area contributed by atoms with Crippen molar-refractivity contribution in [1.82, 2.24) is 25.0 Å². The molecule has 1 aromatic carbocycles. The minimum absolute atomic E-state index is 0.600. The Morgan fingerprint density at radius 1 is 1.29 bits per heavy atom. The van der Waals surface area contributed by atoms with Gasteiger partial charge in [0.05, 0.1) is 5.52 Å². The van der Waals surface area contributed by atoms with Gasteiger partial charge in [0.15, 0.2) is 10.8 Å². The fourth-order valence-electron chi connectivity index (χ4n) is 1.64. The van der Waals surface area contributed by atoms with Crippen molar-refractivity contribution in [3.05, 3.63) is 24.3 Å². The Bertz CT molecular complexity index is 664. The lowest BCUT2D eigenvalue weighted by Crippen LogP contribution is -2.04. The topological polar surface area (TPSA) is 82.0 Å². The Morgan fingerprint density at radius 2 is 2.18 bits per heavy atom. The molecule has 0 fully saturated rings. The highest BCUT2D eigenvalue weighted by Gasteiger charge is 2.10. The Kier molecular flexibility index (Phi) is 2.62. The summed E-state index contributed by atoms with van der Waals surface area (Å²) in [5.41, 5.74) is 7.13. The molecule has 3 rings (SSSR count). The van der Waals surface area contributed by atoms with Crippen molar-refractivity contribution in [2.24, 2.45) is 5.73 Å². The maximum Gasteiger partial charge on any atom is 0.193 e. The molecule has 6 nitrogen and oxygen atoms in total. The molecule has 0 saturated heterocycles. The van der Waals surface area contributed by atoms with Crippen LogP contribution in [0.15, 0.2) is 29.4 Å². The van der Waals surface area contributed by atoms with Gasteiger partial charge in [-0.15, -0.1) is 5.10 Å². The van der Waals surface area contributed by atoms with E-state index in [-0.39, 0.29) is 0 Å². The van der Waals surface area contributed by atoms with Gasteiger partial charge in [-0.25, -0.2) is 4.98 Å².